The van der Waals surface area contributed by atoms with E-state index in [0.29, 0.717) is 5.69 Å². The number of hydrogen-bond acceptors (Lipinski definition) is 4. The molecule has 1 aliphatic rings. The third-order valence-corrected chi connectivity index (χ3v) is 3.76. The van der Waals surface area contributed by atoms with Crippen molar-refractivity contribution in [2.75, 3.05) is 18.4 Å². The highest BCUT2D eigenvalue weighted by molar-refractivity contribution is 5.85. The Kier molecular flexibility index (Phi) is 4.77. The fraction of sp³-hybridized carbons (Fsp3) is 0.533. The average Bonchev–Trinajstić information content (AvgIpc) is 2.49. The lowest BCUT2D eigenvalue weighted by atomic mass is 10.1. The van der Waals surface area contributed by atoms with Crippen LogP contribution in [-0.4, -0.2) is 34.9 Å². The highest BCUT2D eigenvalue weighted by Gasteiger charge is 2.24. The van der Waals surface area contributed by atoms with E-state index in [9.17, 15) is 14.9 Å². The molecule has 21 heavy (non-hydrogen) atoms. The van der Waals surface area contributed by atoms with Gasteiger partial charge in [-0.3, -0.25) is 14.9 Å². The number of amides is 1. The molecule has 0 aliphatic carbocycles. The summed E-state index contributed by atoms with van der Waals surface area (Å²) < 4.78 is 0. The van der Waals surface area contributed by atoms with Crippen molar-refractivity contribution in [2.45, 2.75) is 39.2 Å². The molecule has 0 radical (unpaired) electrons. The van der Waals surface area contributed by atoms with Crippen LogP contribution >= 0.6 is 0 Å². The zero-order valence-electron chi connectivity index (χ0n) is 12.5. The molecule has 114 valence electrons. The Bertz CT molecular complexity index is 539. The van der Waals surface area contributed by atoms with E-state index in [-0.39, 0.29) is 11.6 Å². The summed E-state index contributed by atoms with van der Waals surface area (Å²) in [5.41, 5.74) is 1.22. The minimum atomic E-state index is -0.468. The molecule has 1 atom stereocenters. The molecular formula is C15H21N3O3. The number of aryl methyl sites for hydroxylation is 1. The number of benzene rings is 1. The second kappa shape index (κ2) is 6.56. The van der Waals surface area contributed by atoms with Gasteiger partial charge in [0.15, 0.2) is 0 Å². The van der Waals surface area contributed by atoms with Crippen LogP contribution in [0.1, 0.15) is 31.7 Å². The van der Waals surface area contributed by atoms with Crippen LogP contribution < -0.4 is 5.32 Å². The van der Waals surface area contributed by atoms with Crippen LogP contribution in [0.3, 0.4) is 0 Å². The molecule has 1 N–H and O–H groups in total. The van der Waals surface area contributed by atoms with Crippen LogP contribution in [0.25, 0.3) is 0 Å². The van der Waals surface area contributed by atoms with Gasteiger partial charge in [0.25, 0.3) is 5.69 Å². The summed E-state index contributed by atoms with van der Waals surface area (Å²) in [6, 6.07) is 4.51. The molecule has 0 saturated carbocycles. The van der Waals surface area contributed by atoms with Crippen LogP contribution in [0, 0.1) is 17.0 Å². The lowest BCUT2D eigenvalue weighted by molar-refractivity contribution is -0.384. The first-order chi connectivity index (χ1) is 9.99. The minimum absolute atomic E-state index is 0.00423. The zero-order chi connectivity index (χ0) is 15.4. The number of carbonyl (C=O) groups is 1. The maximum absolute atomic E-state index is 12.3. The van der Waals surface area contributed by atoms with Crippen molar-refractivity contribution in [3.63, 3.8) is 0 Å². The van der Waals surface area contributed by atoms with Gasteiger partial charge in [-0.05, 0) is 44.7 Å². The van der Waals surface area contributed by atoms with E-state index >= 15 is 0 Å². The molecule has 1 unspecified atom stereocenters. The number of piperidine rings is 1. The van der Waals surface area contributed by atoms with Crippen molar-refractivity contribution in [3.8, 4) is 0 Å². The quantitative estimate of drug-likeness (QED) is 0.683. The lowest BCUT2D eigenvalue weighted by Gasteiger charge is -2.29. The summed E-state index contributed by atoms with van der Waals surface area (Å²) in [7, 11) is 0. The van der Waals surface area contributed by atoms with Crippen molar-refractivity contribution in [2.24, 2.45) is 0 Å². The van der Waals surface area contributed by atoms with Gasteiger partial charge in [0.2, 0.25) is 5.91 Å². The summed E-state index contributed by atoms with van der Waals surface area (Å²) in [6.07, 6.45) is 3.22. The number of hydrogen-bond donors (Lipinski definition) is 1. The molecule has 1 aromatic carbocycles. The van der Waals surface area contributed by atoms with Gasteiger partial charge < -0.3 is 10.2 Å². The summed E-state index contributed by atoms with van der Waals surface area (Å²) in [5.74, 6) is 0.00423. The molecule has 1 saturated heterocycles. The Morgan fingerprint density at radius 2 is 2.00 bits per heavy atom. The van der Waals surface area contributed by atoms with Gasteiger partial charge in [0, 0.05) is 19.2 Å². The Labute approximate surface area is 124 Å². The largest absolute Gasteiger partial charge is 0.368 e. The smallest absolute Gasteiger partial charge is 0.292 e. The predicted molar refractivity (Wildman–Crippen MR) is 81.3 cm³/mol. The van der Waals surface area contributed by atoms with Crippen LogP contribution in [-0.2, 0) is 4.79 Å². The zero-order valence-corrected chi connectivity index (χ0v) is 12.5. The first-order valence-corrected chi connectivity index (χ1v) is 7.29. The molecule has 6 nitrogen and oxygen atoms in total. The van der Waals surface area contributed by atoms with Gasteiger partial charge in [-0.2, -0.15) is 0 Å². The fourth-order valence-electron chi connectivity index (χ4n) is 2.60. The van der Waals surface area contributed by atoms with E-state index in [1.807, 2.05) is 4.90 Å². The van der Waals surface area contributed by atoms with Crippen LogP contribution in [0.2, 0.25) is 0 Å². The number of nitro groups is 1. The van der Waals surface area contributed by atoms with Gasteiger partial charge in [0.1, 0.15) is 11.7 Å². The molecule has 1 amide bonds. The normalized spacial score (nSPS) is 16.4. The molecule has 2 rings (SSSR count). The van der Waals surface area contributed by atoms with Gasteiger partial charge in [0.05, 0.1) is 4.92 Å². The van der Waals surface area contributed by atoms with Crippen molar-refractivity contribution in [1.29, 1.82) is 0 Å². The number of likely N-dealkylation sites (tertiary alicyclic amines) is 1. The van der Waals surface area contributed by atoms with Gasteiger partial charge >= 0.3 is 0 Å². The molecular weight excluding hydrogens is 270 g/mol. The predicted octanol–water partition coefficient (Wildman–Crippen LogP) is 2.72. The third-order valence-electron chi connectivity index (χ3n) is 3.76. The van der Waals surface area contributed by atoms with Crippen LogP contribution in [0.15, 0.2) is 18.2 Å². The topological polar surface area (TPSA) is 75.5 Å². The van der Waals surface area contributed by atoms with E-state index in [1.165, 1.54) is 6.07 Å². The average molecular weight is 291 g/mol. The highest BCUT2D eigenvalue weighted by atomic mass is 16.6. The molecule has 0 spiro atoms. The number of rotatable bonds is 4. The van der Waals surface area contributed by atoms with E-state index in [1.54, 1.807) is 26.0 Å². The van der Waals surface area contributed by atoms with E-state index in [0.717, 1.165) is 37.9 Å². The number of anilines is 1. The van der Waals surface area contributed by atoms with E-state index < -0.39 is 11.0 Å². The number of carbonyl (C=O) groups excluding carboxylic acids is 1. The second-order valence-corrected chi connectivity index (χ2v) is 5.53. The van der Waals surface area contributed by atoms with Gasteiger partial charge in [-0.15, -0.1) is 0 Å². The first-order valence-electron chi connectivity index (χ1n) is 7.29. The second-order valence-electron chi connectivity index (χ2n) is 5.53. The summed E-state index contributed by atoms with van der Waals surface area (Å²) in [5, 5.41) is 14.1. The lowest BCUT2D eigenvalue weighted by Crippen LogP contribution is -2.43. The SMILES string of the molecule is Cc1ccc(NC(C)C(=O)N2CCCCC2)c([N+](=O)[O-])c1. The van der Waals surface area contributed by atoms with E-state index in [4.69, 9.17) is 0 Å². The first kappa shape index (κ1) is 15.3. The molecule has 0 bridgehead atoms. The minimum Gasteiger partial charge on any atom is -0.368 e. The Morgan fingerprint density at radius 3 is 2.62 bits per heavy atom. The van der Waals surface area contributed by atoms with Crippen LogP contribution in [0.5, 0.6) is 0 Å². The molecule has 1 fully saturated rings. The summed E-state index contributed by atoms with van der Waals surface area (Å²) in [6.45, 7) is 5.11. The highest BCUT2D eigenvalue weighted by Crippen LogP contribution is 2.26. The maximum Gasteiger partial charge on any atom is 0.292 e. The molecule has 1 heterocycles. The van der Waals surface area contributed by atoms with Crippen molar-refractivity contribution >= 4 is 17.3 Å². The number of nitrogens with one attached hydrogen (secondary N) is 1. The monoisotopic (exact) mass is 291 g/mol. The van der Waals surface area contributed by atoms with E-state index in [2.05, 4.69) is 5.32 Å². The molecule has 0 aromatic heterocycles. The standard InChI is InChI=1S/C15H21N3O3/c1-11-6-7-13(14(10-11)18(20)21)16-12(2)15(19)17-8-4-3-5-9-17/h6-7,10,12,16H,3-5,8-9H2,1-2H3. The van der Waals surface area contributed by atoms with Gasteiger partial charge in [-0.1, -0.05) is 6.07 Å². The number of nitro benzene ring substituents is 1. The Hall–Kier alpha value is -2.11. The molecule has 6 heteroatoms. The van der Waals surface area contributed by atoms with Crippen molar-refractivity contribution < 1.29 is 9.72 Å². The van der Waals surface area contributed by atoms with Crippen molar-refractivity contribution in [1.82, 2.24) is 4.90 Å². The van der Waals surface area contributed by atoms with Crippen LogP contribution in [0.4, 0.5) is 11.4 Å². The maximum atomic E-state index is 12.3. The number of nitrogens with zero attached hydrogens (tertiary/aromatic N) is 2. The fourth-order valence-corrected chi connectivity index (χ4v) is 2.60. The Morgan fingerprint density at radius 1 is 1.33 bits per heavy atom. The Balaban J connectivity index is 2.10. The summed E-state index contributed by atoms with van der Waals surface area (Å²) >= 11 is 0. The van der Waals surface area contributed by atoms with Gasteiger partial charge in [-0.25, -0.2) is 0 Å². The molecule has 1 aliphatic heterocycles. The molecule has 1 aromatic rings. The third kappa shape index (κ3) is 3.71. The van der Waals surface area contributed by atoms with Crippen molar-refractivity contribution in [3.05, 3.63) is 33.9 Å². The summed E-state index contributed by atoms with van der Waals surface area (Å²) in [4.78, 5) is 24.9.